The molecular formula is C30H37NO12. The number of ether oxygens (including phenoxy) is 8. The molecule has 2 bridgehead atoms. The number of quaternary nitrogens is 1. The van der Waals surface area contributed by atoms with E-state index in [1.54, 1.807) is 12.1 Å². The van der Waals surface area contributed by atoms with Crippen LogP contribution >= 0.6 is 0 Å². The zero-order valence-corrected chi connectivity index (χ0v) is 25.2. The summed E-state index contributed by atoms with van der Waals surface area (Å²) >= 11 is 0. The number of aliphatic hydroxyl groups excluding tert-OH is 1. The van der Waals surface area contributed by atoms with Gasteiger partial charge in [0.25, 0.3) is 0 Å². The highest BCUT2D eigenvalue weighted by atomic mass is 16.6. The fourth-order valence-corrected chi connectivity index (χ4v) is 5.81. The van der Waals surface area contributed by atoms with E-state index in [1.165, 1.54) is 74.0 Å². The quantitative estimate of drug-likeness (QED) is 0.174. The van der Waals surface area contributed by atoms with Crippen molar-refractivity contribution in [2.75, 3.05) is 49.7 Å². The van der Waals surface area contributed by atoms with Gasteiger partial charge in [-0.15, -0.1) is 0 Å². The molecule has 2 aliphatic rings. The number of rotatable bonds is 11. The number of benzene rings is 2. The zero-order valence-electron chi connectivity index (χ0n) is 25.2. The third-order valence-corrected chi connectivity index (χ3v) is 7.96. The van der Waals surface area contributed by atoms with E-state index in [0.717, 1.165) is 0 Å². The number of fused-ring (bicyclic) bond motifs is 2. The molecular weight excluding hydrogens is 566 g/mol. The molecule has 0 amide bonds. The standard InChI is InChI=1S/C30H37NO12/c1-31(35)19-14-18(42-30(34)17-12-23(38-4)29(41-7)24(13-17)39-5)15-20(31)27(26(19)33)43-25(32)9-8-16-10-21(36-2)28(40-6)22(11-16)37-3/h8-13,18-20,26-27,33H,14-15H2,1-7H3/b9-8+/t18-,19+,20-,26-,27+,31?/m0/s1. The van der Waals surface area contributed by atoms with Gasteiger partial charge in [0.1, 0.15) is 24.3 Å². The van der Waals surface area contributed by atoms with E-state index in [9.17, 15) is 19.9 Å². The Balaban J connectivity index is 1.48. The summed E-state index contributed by atoms with van der Waals surface area (Å²) in [6.45, 7) is 0. The average molecular weight is 604 g/mol. The summed E-state index contributed by atoms with van der Waals surface area (Å²) in [5, 5.41) is 24.5. The van der Waals surface area contributed by atoms with Crippen LogP contribution in [0, 0.1) is 5.21 Å². The van der Waals surface area contributed by atoms with E-state index >= 15 is 0 Å². The first kappa shape index (κ1) is 31.7. The minimum atomic E-state index is -1.25. The molecule has 1 N–H and O–H groups in total. The van der Waals surface area contributed by atoms with Crippen molar-refractivity contribution in [2.24, 2.45) is 0 Å². The van der Waals surface area contributed by atoms with Crippen LogP contribution in [0.3, 0.4) is 0 Å². The molecule has 0 radical (unpaired) electrons. The molecule has 234 valence electrons. The molecule has 13 nitrogen and oxygen atoms in total. The van der Waals surface area contributed by atoms with Gasteiger partial charge in [-0.3, -0.25) is 0 Å². The summed E-state index contributed by atoms with van der Waals surface area (Å²) in [5.74, 6) is 0.676. The van der Waals surface area contributed by atoms with Crippen LogP contribution < -0.4 is 28.4 Å². The Morgan fingerprint density at radius 1 is 0.791 bits per heavy atom. The van der Waals surface area contributed by atoms with Gasteiger partial charge in [-0.2, -0.15) is 0 Å². The van der Waals surface area contributed by atoms with Crippen LogP contribution in [0.25, 0.3) is 6.08 Å². The van der Waals surface area contributed by atoms with Gasteiger partial charge >= 0.3 is 11.9 Å². The summed E-state index contributed by atoms with van der Waals surface area (Å²) in [7, 11) is 10.2. The lowest BCUT2D eigenvalue weighted by Crippen LogP contribution is -2.57. The second kappa shape index (κ2) is 13.0. The number of aliphatic hydroxyl groups is 1. The number of hydrogen-bond acceptors (Lipinski definition) is 12. The Morgan fingerprint density at radius 2 is 1.28 bits per heavy atom. The molecule has 43 heavy (non-hydrogen) atoms. The fourth-order valence-electron chi connectivity index (χ4n) is 5.81. The molecule has 2 aromatic rings. The van der Waals surface area contributed by atoms with Crippen LogP contribution in [0.2, 0.25) is 0 Å². The van der Waals surface area contributed by atoms with Crippen molar-refractivity contribution in [3.63, 3.8) is 0 Å². The number of likely N-dealkylation sites (N-methyl/N-ethyl adjacent to an activating group) is 1. The highest BCUT2D eigenvalue weighted by molar-refractivity contribution is 5.91. The van der Waals surface area contributed by atoms with Crippen molar-refractivity contribution in [1.82, 2.24) is 0 Å². The van der Waals surface area contributed by atoms with Gasteiger partial charge < -0.3 is 52.9 Å². The molecule has 1 unspecified atom stereocenters. The second-order valence-corrected chi connectivity index (χ2v) is 10.3. The minimum Gasteiger partial charge on any atom is -0.632 e. The van der Waals surface area contributed by atoms with E-state index in [-0.39, 0.29) is 29.9 Å². The molecule has 0 spiro atoms. The van der Waals surface area contributed by atoms with E-state index in [4.69, 9.17) is 37.9 Å². The van der Waals surface area contributed by atoms with Crippen LogP contribution in [-0.4, -0.2) is 102 Å². The molecule has 0 aliphatic carbocycles. The Morgan fingerprint density at radius 3 is 1.77 bits per heavy atom. The van der Waals surface area contributed by atoms with Crippen molar-refractivity contribution in [1.29, 1.82) is 0 Å². The van der Waals surface area contributed by atoms with Gasteiger partial charge in [0.05, 0.1) is 55.3 Å². The van der Waals surface area contributed by atoms with E-state index in [0.29, 0.717) is 28.6 Å². The molecule has 2 fully saturated rings. The summed E-state index contributed by atoms with van der Waals surface area (Å²) in [4.78, 5) is 25.9. The van der Waals surface area contributed by atoms with Crippen LogP contribution in [0.15, 0.2) is 30.3 Å². The minimum absolute atomic E-state index is 0.0816. The highest BCUT2D eigenvalue weighted by Gasteiger charge is 2.61. The van der Waals surface area contributed by atoms with Crippen molar-refractivity contribution >= 4 is 18.0 Å². The van der Waals surface area contributed by atoms with Crippen molar-refractivity contribution in [2.45, 2.75) is 43.2 Å². The monoisotopic (exact) mass is 603 g/mol. The predicted molar refractivity (Wildman–Crippen MR) is 153 cm³/mol. The molecule has 6 atom stereocenters. The first-order valence-corrected chi connectivity index (χ1v) is 13.5. The third-order valence-electron chi connectivity index (χ3n) is 7.96. The Hall–Kier alpha value is -4.20. The number of nitrogens with zero attached hydrogens (tertiary/aromatic N) is 1. The molecule has 2 aromatic carbocycles. The third kappa shape index (κ3) is 6.14. The smallest absolute Gasteiger partial charge is 0.338 e. The topological polar surface area (TPSA) is 151 Å². The highest BCUT2D eigenvalue weighted by Crippen LogP contribution is 2.44. The molecule has 2 saturated heterocycles. The van der Waals surface area contributed by atoms with Crippen LogP contribution in [-0.2, 0) is 14.3 Å². The number of methoxy groups -OCH3 is 6. The number of piperidine rings is 1. The van der Waals surface area contributed by atoms with Gasteiger partial charge in [-0.25, -0.2) is 9.59 Å². The maximum atomic E-state index is 13.5. The van der Waals surface area contributed by atoms with Gasteiger partial charge in [0.2, 0.25) is 11.5 Å². The van der Waals surface area contributed by atoms with E-state index in [1.807, 2.05) is 0 Å². The number of hydroxylamine groups is 3. The van der Waals surface area contributed by atoms with Gasteiger partial charge in [0.15, 0.2) is 29.1 Å². The fraction of sp³-hybridized carbons (Fsp3) is 0.467. The summed E-state index contributed by atoms with van der Waals surface area (Å²) in [5.41, 5.74) is 0.729. The van der Waals surface area contributed by atoms with E-state index in [2.05, 4.69) is 0 Å². The Kier molecular flexibility index (Phi) is 9.58. The molecule has 4 rings (SSSR count). The molecule has 2 aliphatic heterocycles. The van der Waals surface area contributed by atoms with E-state index < -0.39 is 47.0 Å². The van der Waals surface area contributed by atoms with Crippen LogP contribution in [0.1, 0.15) is 28.8 Å². The summed E-state index contributed by atoms with van der Waals surface area (Å²) < 4.78 is 42.5. The zero-order chi connectivity index (χ0) is 31.5. The predicted octanol–water partition coefficient (Wildman–Crippen LogP) is 2.74. The second-order valence-electron chi connectivity index (χ2n) is 10.3. The van der Waals surface area contributed by atoms with Gasteiger partial charge in [-0.05, 0) is 35.9 Å². The summed E-state index contributed by atoms with van der Waals surface area (Å²) in [6, 6.07) is 4.52. The average Bonchev–Trinajstić information content (AvgIpc) is 3.09. The van der Waals surface area contributed by atoms with Crippen molar-refractivity contribution < 1.29 is 57.2 Å². The normalized spacial score (nSPS) is 26.0. The maximum Gasteiger partial charge on any atom is 0.338 e. The van der Waals surface area contributed by atoms with Crippen LogP contribution in [0.4, 0.5) is 0 Å². The Labute approximate surface area is 249 Å². The van der Waals surface area contributed by atoms with Crippen molar-refractivity contribution in [3.8, 4) is 34.5 Å². The lowest BCUT2D eigenvalue weighted by molar-refractivity contribution is -0.906. The first-order valence-electron chi connectivity index (χ1n) is 13.5. The molecule has 0 saturated carbocycles. The summed E-state index contributed by atoms with van der Waals surface area (Å²) in [6.07, 6.45) is -0.206. The van der Waals surface area contributed by atoms with Gasteiger partial charge in [-0.1, -0.05) is 0 Å². The van der Waals surface area contributed by atoms with Crippen LogP contribution in [0.5, 0.6) is 34.5 Å². The first-order chi connectivity index (χ1) is 20.5. The van der Waals surface area contributed by atoms with Gasteiger partial charge in [0, 0.05) is 18.9 Å². The van der Waals surface area contributed by atoms with Crippen molar-refractivity contribution in [3.05, 3.63) is 46.7 Å². The molecule has 2 heterocycles. The number of esters is 2. The number of hydrogen-bond donors (Lipinski definition) is 1. The molecule has 13 heteroatoms. The number of carbonyl (C=O) groups excluding carboxylic acids is 2. The number of carbonyl (C=O) groups is 2. The maximum absolute atomic E-state index is 13.5. The largest absolute Gasteiger partial charge is 0.632 e. The lowest BCUT2D eigenvalue weighted by Gasteiger charge is -2.49. The SMILES string of the molecule is COc1cc(/C=C/C(=O)O[C@H]2[C@@H](O)[C@H]3C[C@H](OC(=O)c4cc(OC)c(OC)c(OC)c4)C[C@@H]2[N+]3(C)[O-])cc(OC)c1OC. The lowest BCUT2D eigenvalue weighted by atomic mass is 9.99. The Bertz CT molecular complexity index is 1320. The molecule has 0 aromatic heterocycles.